The van der Waals surface area contributed by atoms with Gasteiger partial charge in [0.1, 0.15) is 0 Å². The van der Waals surface area contributed by atoms with E-state index in [1.54, 1.807) is 25.1 Å². The molecule has 0 aliphatic carbocycles. The van der Waals surface area contributed by atoms with E-state index in [-0.39, 0.29) is 11.5 Å². The van der Waals surface area contributed by atoms with E-state index in [9.17, 15) is 13.2 Å². The summed E-state index contributed by atoms with van der Waals surface area (Å²) in [5, 5.41) is 0. The molecule has 0 aromatic heterocycles. The van der Waals surface area contributed by atoms with Crippen LogP contribution in [-0.4, -0.2) is 45.6 Å². The third-order valence-corrected chi connectivity index (χ3v) is 4.83. The molecule has 1 saturated heterocycles. The molecule has 0 amide bonds. The molecule has 1 aliphatic rings. The van der Waals surface area contributed by atoms with Crippen molar-refractivity contribution in [1.82, 2.24) is 0 Å². The number of nitrogens with zero attached hydrogens (tertiary/aromatic N) is 1. The van der Waals surface area contributed by atoms with Gasteiger partial charge in [0.2, 0.25) is 0 Å². The molecule has 2 N–H and O–H groups in total. The zero-order chi connectivity index (χ0) is 14.8. The number of carbonyl (C=O) groups is 1. The van der Waals surface area contributed by atoms with Gasteiger partial charge in [-0.3, -0.25) is 0 Å². The lowest BCUT2D eigenvalue weighted by Gasteiger charge is -2.29. The highest BCUT2D eigenvalue weighted by Crippen LogP contribution is 2.26. The summed E-state index contributed by atoms with van der Waals surface area (Å²) in [5.41, 5.74) is 7.57. The maximum absolute atomic E-state index is 11.6. The van der Waals surface area contributed by atoms with E-state index in [4.69, 9.17) is 10.5 Å². The summed E-state index contributed by atoms with van der Waals surface area (Å²) < 4.78 is 27.7. The molecule has 7 heteroatoms. The molecule has 0 atom stereocenters. The van der Waals surface area contributed by atoms with Gasteiger partial charge < -0.3 is 15.4 Å². The first-order chi connectivity index (χ1) is 9.43. The highest BCUT2D eigenvalue weighted by molar-refractivity contribution is 7.91. The molecule has 1 heterocycles. The molecular formula is C13H18N2O4S. The van der Waals surface area contributed by atoms with Gasteiger partial charge in [0.15, 0.2) is 9.84 Å². The minimum Gasteiger partial charge on any atom is -0.462 e. The fraction of sp³-hybridized carbons (Fsp3) is 0.462. The second-order valence-corrected chi connectivity index (χ2v) is 6.94. The number of anilines is 2. The SMILES string of the molecule is CCOC(=O)c1ccc(N2CCS(=O)(=O)CC2)c(N)c1. The minimum atomic E-state index is -2.92. The highest BCUT2D eigenvalue weighted by Gasteiger charge is 2.23. The van der Waals surface area contributed by atoms with Gasteiger partial charge >= 0.3 is 5.97 Å². The zero-order valence-corrected chi connectivity index (χ0v) is 12.1. The van der Waals surface area contributed by atoms with Gasteiger partial charge in [-0.2, -0.15) is 0 Å². The van der Waals surface area contributed by atoms with Crippen molar-refractivity contribution < 1.29 is 17.9 Å². The third-order valence-electron chi connectivity index (χ3n) is 3.22. The molecule has 1 aromatic carbocycles. The van der Waals surface area contributed by atoms with Crippen LogP contribution in [0.5, 0.6) is 0 Å². The van der Waals surface area contributed by atoms with Gasteiger partial charge in [0, 0.05) is 13.1 Å². The van der Waals surface area contributed by atoms with Gasteiger partial charge in [-0.1, -0.05) is 0 Å². The zero-order valence-electron chi connectivity index (χ0n) is 11.3. The molecule has 1 fully saturated rings. The van der Waals surface area contributed by atoms with Crippen LogP contribution in [-0.2, 0) is 14.6 Å². The summed E-state index contributed by atoms with van der Waals surface area (Å²) in [6.07, 6.45) is 0. The van der Waals surface area contributed by atoms with E-state index < -0.39 is 15.8 Å². The van der Waals surface area contributed by atoms with Crippen molar-refractivity contribution >= 4 is 27.2 Å². The lowest BCUT2D eigenvalue weighted by molar-refractivity contribution is 0.0526. The number of nitrogen functional groups attached to an aromatic ring is 1. The molecule has 1 aliphatic heterocycles. The van der Waals surface area contributed by atoms with Gasteiger partial charge in [-0.15, -0.1) is 0 Å². The number of carbonyl (C=O) groups excluding carboxylic acids is 1. The number of esters is 1. The van der Waals surface area contributed by atoms with Crippen molar-refractivity contribution in [3.8, 4) is 0 Å². The molecule has 0 unspecified atom stereocenters. The van der Waals surface area contributed by atoms with Crippen LogP contribution in [0.3, 0.4) is 0 Å². The van der Waals surface area contributed by atoms with E-state index in [0.29, 0.717) is 30.9 Å². The lowest BCUT2D eigenvalue weighted by atomic mass is 10.1. The number of ether oxygens (including phenoxy) is 1. The predicted octanol–water partition coefficient (Wildman–Crippen LogP) is 0.680. The largest absolute Gasteiger partial charge is 0.462 e. The molecule has 0 saturated carbocycles. The number of hydrogen-bond acceptors (Lipinski definition) is 6. The minimum absolute atomic E-state index is 0.131. The van der Waals surface area contributed by atoms with E-state index in [1.165, 1.54) is 0 Å². The van der Waals surface area contributed by atoms with Crippen LogP contribution in [0, 0.1) is 0 Å². The van der Waals surface area contributed by atoms with Gasteiger partial charge in [-0.25, -0.2) is 13.2 Å². The number of benzene rings is 1. The molecule has 6 nitrogen and oxygen atoms in total. The molecule has 0 radical (unpaired) electrons. The summed E-state index contributed by atoms with van der Waals surface area (Å²) in [5.74, 6) is -0.148. The summed E-state index contributed by atoms with van der Waals surface area (Å²) in [4.78, 5) is 13.5. The number of sulfone groups is 1. The summed E-state index contributed by atoms with van der Waals surface area (Å²) in [7, 11) is -2.92. The average Bonchev–Trinajstić information content (AvgIpc) is 2.39. The van der Waals surface area contributed by atoms with Crippen LogP contribution < -0.4 is 10.6 Å². The van der Waals surface area contributed by atoms with E-state index in [1.807, 2.05) is 4.90 Å². The maximum atomic E-state index is 11.6. The van der Waals surface area contributed by atoms with Crippen LogP contribution in [0.15, 0.2) is 18.2 Å². The Balaban J connectivity index is 2.16. The second kappa shape index (κ2) is 5.70. The van der Waals surface area contributed by atoms with E-state index in [0.717, 1.165) is 5.69 Å². The highest BCUT2D eigenvalue weighted by atomic mass is 32.2. The normalized spacial score (nSPS) is 17.8. The molecule has 20 heavy (non-hydrogen) atoms. The van der Waals surface area contributed by atoms with Crippen LogP contribution in [0.1, 0.15) is 17.3 Å². The predicted molar refractivity (Wildman–Crippen MR) is 77.7 cm³/mol. The van der Waals surface area contributed by atoms with Gasteiger partial charge in [0.05, 0.1) is 35.1 Å². The monoisotopic (exact) mass is 298 g/mol. The second-order valence-electron chi connectivity index (χ2n) is 4.63. The van der Waals surface area contributed by atoms with Crippen molar-refractivity contribution in [1.29, 1.82) is 0 Å². The van der Waals surface area contributed by atoms with Crippen molar-refractivity contribution in [2.75, 3.05) is 41.8 Å². The van der Waals surface area contributed by atoms with E-state index >= 15 is 0 Å². The molecule has 2 rings (SSSR count). The molecule has 0 bridgehead atoms. The first-order valence-corrected chi connectivity index (χ1v) is 8.27. The lowest BCUT2D eigenvalue weighted by Crippen LogP contribution is -2.40. The van der Waals surface area contributed by atoms with Crippen LogP contribution in [0.2, 0.25) is 0 Å². The van der Waals surface area contributed by atoms with Gasteiger partial charge in [-0.05, 0) is 25.1 Å². The molecular weight excluding hydrogens is 280 g/mol. The van der Waals surface area contributed by atoms with Crippen molar-refractivity contribution in [2.24, 2.45) is 0 Å². The number of hydrogen-bond donors (Lipinski definition) is 1. The van der Waals surface area contributed by atoms with Crippen LogP contribution >= 0.6 is 0 Å². The third kappa shape index (κ3) is 3.22. The fourth-order valence-corrected chi connectivity index (χ4v) is 3.34. The Morgan fingerprint density at radius 1 is 1.35 bits per heavy atom. The van der Waals surface area contributed by atoms with Crippen LogP contribution in [0.4, 0.5) is 11.4 Å². The van der Waals surface area contributed by atoms with E-state index in [2.05, 4.69) is 0 Å². The number of rotatable bonds is 3. The Hall–Kier alpha value is -1.76. The Kier molecular flexibility index (Phi) is 4.17. The first kappa shape index (κ1) is 14.6. The topological polar surface area (TPSA) is 89.7 Å². The average molecular weight is 298 g/mol. The Bertz CT molecular complexity index is 599. The summed E-state index contributed by atoms with van der Waals surface area (Å²) in [6, 6.07) is 4.95. The Labute approximate surface area is 118 Å². The Morgan fingerprint density at radius 3 is 2.55 bits per heavy atom. The molecule has 1 aromatic rings. The molecule has 110 valence electrons. The van der Waals surface area contributed by atoms with Gasteiger partial charge in [0.25, 0.3) is 0 Å². The summed E-state index contributed by atoms with van der Waals surface area (Å²) >= 11 is 0. The smallest absolute Gasteiger partial charge is 0.338 e. The van der Waals surface area contributed by atoms with Crippen molar-refractivity contribution in [2.45, 2.75) is 6.92 Å². The first-order valence-electron chi connectivity index (χ1n) is 6.45. The molecule has 0 spiro atoms. The fourth-order valence-electron chi connectivity index (χ4n) is 2.14. The Morgan fingerprint density at radius 2 is 2.00 bits per heavy atom. The van der Waals surface area contributed by atoms with Crippen molar-refractivity contribution in [3.05, 3.63) is 23.8 Å². The maximum Gasteiger partial charge on any atom is 0.338 e. The standard InChI is InChI=1S/C13H18N2O4S/c1-2-19-13(16)10-3-4-12(11(14)9-10)15-5-7-20(17,18)8-6-15/h3-4,9H,2,5-8,14H2,1H3. The summed E-state index contributed by atoms with van der Waals surface area (Å²) in [6.45, 7) is 2.89. The quantitative estimate of drug-likeness (QED) is 0.652. The number of nitrogens with two attached hydrogens (primary N) is 1. The van der Waals surface area contributed by atoms with Crippen LogP contribution in [0.25, 0.3) is 0 Å². The van der Waals surface area contributed by atoms with Crippen molar-refractivity contribution in [3.63, 3.8) is 0 Å².